The molecule has 29 heavy (non-hydrogen) atoms. The van der Waals surface area contributed by atoms with Gasteiger partial charge in [-0.1, -0.05) is 19.8 Å². The molecule has 0 spiro atoms. The van der Waals surface area contributed by atoms with E-state index in [1.165, 1.54) is 57.8 Å². The van der Waals surface area contributed by atoms with E-state index >= 15 is 0 Å². The van der Waals surface area contributed by atoms with Gasteiger partial charge in [0.05, 0.1) is 0 Å². The van der Waals surface area contributed by atoms with Crippen LogP contribution in [0.2, 0.25) is 0 Å². The van der Waals surface area contributed by atoms with Crippen LogP contribution in [-0.4, -0.2) is 46.8 Å². The topological polar surface area (TPSA) is 56.3 Å². The highest BCUT2D eigenvalue weighted by Gasteiger charge is 2.24. The maximum absolute atomic E-state index is 5.58. The second-order valence-electron chi connectivity index (χ2n) is 9.20. The minimum absolute atomic E-state index is 0.489. The number of rotatable bonds is 4. The number of nitrogens with zero attached hydrogens (tertiary/aromatic N) is 4. The summed E-state index contributed by atoms with van der Waals surface area (Å²) in [5.41, 5.74) is 0. The van der Waals surface area contributed by atoms with E-state index < -0.39 is 0 Å². The maximum Gasteiger partial charge on any atom is 0.232 e. The standard InChI is InChI=1S/C22H36N6S/c1-16-10-13-27(14-11-16)19-15-20(28-12-6-5-7-17(28)2)25-21(24-19)26-22(29)23-18-8-3-4-9-18/h15-18H,3-14H2,1-2H3,(H2,23,24,25,26,29)/t17-/m0/s1. The monoisotopic (exact) mass is 416 g/mol. The number of aromatic nitrogens is 2. The molecule has 2 saturated heterocycles. The lowest BCUT2D eigenvalue weighted by atomic mass is 9.99. The lowest BCUT2D eigenvalue weighted by molar-refractivity contribution is 0.436. The Morgan fingerprint density at radius 2 is 1.62 bits per heavy atom. The summed E-state index contributed by atoms with van der Waals surface area (Å²) in [7, 11) is 0. The zero-order valence-corrected chi connectivity index (χ0v) is 18.8. The molecule has 1 aromatic rings. The third kappa shape index (κ3) is 5.30. The van der Waals surface area contributed by atoms with Crippen LogP contribution >= 0.6 is 12.2 Å². The Morgan fingerprint density at radius 3 is 2.34 bits per heavy atom. The molecule has 1 atom stereocenters. The molecule has 0 radical (unpaired) electrons. The molecule has 0 amide bonds. The van der Waals surface area contributed by atoms with Gasteiger partial charge in [0.15, 0.2) is 5.11 Å². The van der Waals surface area contributed by atoms with E-state index in [-0.39, 0.29) is 0 Å². The fourth-order valence-electron chi connectivity index (χ4n) is 4.86. The van der Waals surface area contributed by atoms with Gasteiger partial charge in [-0.2, -0.15) is 9.97 Å². The third-order valence-electron chi connectivity index (χ3n) is 6.82. The molecule has 2 N–H and O–H groups in total. The van der Waals surface area contributed by atoms with Crippen LogP contribution in [0, 0.1) is 5.92 Å². The van der Waals surface area contributed by atoms with Crippen molar-refractivity contribution < 1.29 is 0 Å². The molecular weight excluding hydrogens is 380 g/mol. The van der Waals surface area contributed by atoms with Crippen LogP contribution in [0.25, 0.3) is 0 Å². The summed E-state index contributed by atoms with van der Waals surface area (Å²) in [6.45, 7) is 7.86. The van der Waals surface area contributed by atoms with Crippen molar-refractivity contribution in [3.05, 3.63) is 6.07 Å². The van der Waals surface area contributed by atoms with Crippen molar-refractivity contribution in [1.29, 1.82) is 0 Å². The van der Waals surface area contributed by atoms with Crippen molar-refractivity contribution in [2.45, 2.75) is 83.7 Å². The summed E-state index contributed by atoms with van der Waals surface area (Å²) in [4.78, 5) is 14.6. The molecule has 4 rings (SSSR count). The highest BCUT2D eigenvalue weighted by molar-refractivity contribution is 7.80. The Balaban J connectivity index is 1.54. The van der Waals surface area contributed by atoms with Crippen LogP contribution in [0.3, 0.4) is 0 Å². The molecule has 0 aromatic carbocycles. The number of piperidine rings is 2. The first-order valence-corrected chi connectivity index (χ1v) is 12.0. The van der Waals surface area contributed by atoms with Crippen LogP contribution in [-0.2, 0) is 0 Å². The molecule has 6 nitrogen and oxygen atoms in total. The van der Waals surface area contributed by atoms with Gasteiger partial charge in [-0.15, -0.1) is 0 Å². The number of hydrogen-bond donors (Lipinski definition) is 2. The van der Waals surface area contributed by atoms with Gasteiger partial charge < -0.3 is 20.4 Å². The smallest absolute Gasteiger partial charge is 0.232 e. The fraction of sp³-hybridized carbons (Fsp3) is 0.773. The molecule has 3 heterocycles. The second kappa shape index (κ2) is 9.45. The third-order valence-corrected chi connectivity index (χ3v) is 7.04. The van der Waals surface area contributed by atoms with Crippen molar-refractivity contribution in [2.24, 2.45) is 5.92 Å². The van der Waals surface area contributed by atoms with E-state index in [2.05, 4.69) is 40.3 Å². The molecular formula is C22H36N6S. The summed E-state index contributed by atoms with van der Waals surface area (Å²) < 4.78 is 0. The Morgan fingerprint density at radius 1 is 0.931 bits per heavy atom. The van der Waals surface area contributed by atoms with Gasteiger partial charge in [0, 0.05) is 37.8 Å². The van der Waals surface area contributed by atoms with E-state index in [9.17, 15) is 0 Å². The summed E-state index contributed by atoms with van der Waals surface area (Å²) in [5, 5.41) is 7.40. The van der Waals surface area contributed by atoms with Gasteiger partial charge in [-0.05, 0) is 70.0 Å². The van der Waals surface area contributed by atoms with Crippen molar-refractivity contribution in [3.8, 4) is 0 Å². The van der Waals surface area contributed by atoms with Crippen molar-refractivity contribution in [2.75, 3.05) is 34.8 Å². The summed E-state index contributed by atoms with van der Waals surface area (Å²) in [5.74, 6) is 3.50. The van der Waals surface area contributed by atoms with Gasteiger partial charge in [-0.25, -0.2) is 0 Å². The Hall–Kier alpha value is -1.63. The maximum atomic E-state index is 5.58. The Kier molecular flexibility index (Phi) is 6.73. The van der Waals surface area contributed by atoms with Crippen LogP contribution in [0.15, 0.2) is 6.07 Å². The van der Waals surface area contributed by atoms with Gasteiger partial charge in [0.25, 0.3) is 0 Å². The van der Waals surface area contributed by atoms with Crippen molar-refractivity contribution >= 4 is 34.9 Å². The number of thiocarbonyl (C=S) groups is 1. The van der Waals surface area contributed by atoms with Crippen molar-refractivity contribution in [1.82, 2.24) is 15.3 Å². The van der Waals surface area contributed by atoms with Crippen LogP contribution in [0.4, 0.5) is 17.6 Å². The van der Waals surface area contributed by atoms with Crippen LogP contribution in [0.5, 0.6) is 0 Å². The molecule has 0 unspecified atom stereocenters. The van der Waals surface area contributed by atoms with E-state index in [1.807, 2.05) is 0 Å². The zero-order valence-electron chi connectivity index (χ0n) is 18.0. The number of nitrogens with one attached hydrogen (secondary N) is 2. The Bertz CT molecular complexity index is 697. The molecule has 1 aliphatic carbocycles. The van der Waals surface area contributed by atoms with E-state index in [0.29, 0.717) is 23.1 Å². The first-order valence-electron chi connectivity index (χ1n) is 11.6. The molecule has 1 saturated carbocycles. The quantitative estimate of drug-likeness (QED) is 0.709. The van der Waals surface area contributed by atoms with Gasteiger partial charge in [0.2, 0.25) is 5.95 Å². The van der Waals surface area contributed by atoms with E-state index in [0.717, 1.165) is 37.2 Å². The second-order valence-corrected chi connectivity index (χ2v) is 9.60. The minimum atomic E-state index is 0.489. The molecule has 2 aliphatic heterocycles. The van der Waals surface area contributed by atoms with Crippen LogP contribution < -0.4 is 20.4 Å². The highest BCUT2D eigenvalue weighted by Crippen LogP contribution is 2.29. The molecule has 3 aliphatic rings. The number of hydrogen-bond acceptors (Lipinski definition) is 5. The lowest BCUT2D eigenvalue weighted by Gasteiger charge is -2.36. The predicted molar refractivity (Wildman–Crippen MR) is 125 cm³/mol. The van der Waals surface area contributed by atoms with Gasteiger partial charge in [-0.3, -0.25) is 0 Å². The van der Waals surface area contributed by atoms with E-state index in [4.69, 9.17) is 22.2 Å². The predicted octanol–water partition coefficient (Wildman–Crippen LogP) is 4.32. The molecule has 3 fully saturated rings. The zero-order chi connectivity index (χ0) is 20.2. The molecule has 160 valence electrons. The SMILES string of the molecule is CC1CCN(c2cc(N3CCCC[C@@H]3C)nc(NC(=S)NC3CCCC3)n2)CC1. The molecule has 7 heteroatoms. The molecule has 0 bridgehead atoms. The van der Waals surface area contributed by atoms with Crippen LogP contribution in [0.1, 0.15) is 71.6 Å². The summed E-state index contributed by atoms with van der Waals surface area (Å²) in [6, 6.07) is 3.20. The largest absolute Gasteiger partial charge is 0.360 e. The lowest BCUT2D eigenvalue weighted by Crippen LogP contribution is -2.39. The van der Waals surface area contributed by atoms with E-state index in [1.54, 1.807) is 0 Å². The number of anilines is 3. The fourth-order valence-corrected chi connectivity index (χ4v) is 5.11. The highest BCUT2D eigenvalue weighted by atomic mass is 32.1. The van der Waals surface area contributed by atoms with Crippen molar-refractivity contribution in [3.63, 3.8) is 0 Å². The Labute approximate surface area is 180 Å². The molecule has 1 aromatic heterocycles. The summed E-state index contributed by atoms with van der Waals surface area (Å²) >= 11 is 5.58. The average molecular weight is 417 g/mol. The summed E-state index contributed by atoms with van der Waals surface area (Å²) in [6.07, 6.45) is 11.2. The normalized spacial score (nSPS) is 24.0. The van der Waals surface area contributed by atoms with Gasteiger partial charge in [0.1, 0.15) is 11.6 Å². The van der Waals surface area contributed by atoms with Gasteiger partial charge >= 0.3 is 0 Å². The first kappa shape index (κ1) is 20.6. The average Bonchev–Trinajstić information content (AvgIpc) is 3.21. The minimum Gasteiger partial charge on any atom is -0.360 e. The first-order chi connectivity index (χ1) is 14.1.